The van der Waals surface area contributed by atoms with Crippen molar-refractivity contribution in [1.82, 2.24) is 14.9 Å². The Kier molecular flexibility index (Phi) is 4.87. The van der Waals surface area contributed by atoms with Crippen molar-refractivity contribution in [3.8, 4) is 5.75 Å². The van der Waals surface area contributed by atoms with Gasteiger partial charge < -0.3 is 10.1 Å². The standard InChI is InChI=1S/C14H19N3OS/c1-4-15-14(13-9-19-17-16-13)11-5-7-12(8-6-11)18-10(2)3/h5-10,14-15H,4H2,1-3H3. The molecule has 0 saturated carbocycles. The maximum absolute atomic E-state index is 5.65. The average molecular weight is 277 g/mol. The van der Waals surface area contributed by atoms with Gasteiger partial charge in [-0.3, -0.25) is 0 Å². The van der Waals surface area contributed by atoms with Crippen molar-refractivity contribution in [3.05, 3.63) is 40.9 Å². The normalized spacial score (nSPS) is 12.6. The number of hydrogen-bond donors (Lipinski definition) is 1. The monoisotopic (exact) mass is 277 g/mol. The van der Waals surface area contributed by atoms with Gasteiger partial charge in [0.05, 0.1) is 17.8 Å². The van der Waals surface area contributed by atoms with Gasteiger partial charge in [-0.15, -0.1) is 5.10 Å². The van der Waals surface area contributed by atoms with Crippen molar-refractivity contribution in [2.45, 2.75) is 32.9 Å². The molecule has 0 aliphatic carbocycles. The van der Waals surface area contributed by atoms with Crippen molar-refractivity contribution in [2.24, 2.45) is 0 Å². The minimum atomic E-state index is 0.0943. The first-order valence-corrected chi connectivity index (χ1v) is 7.31. The predicted molar refractivity (Wildman–Crippen MR) is 77.6 cm³/mol. The highest BCUT2D eigenvalue weighted by atomic mass is 32.1. The van der Waals surface area contributed by atoms with E-state index >= 15 is 0 Å². The second kappa shape index (κ2) is 6.63. The first kappa shape index (κ1) is 14.0. The number of aromatic nitrogens is 2. The highest BCUT2D eigenvalue weighted by Crippen LogP contribution is 2.23. The van der Waals surface area contributed by atoms with Crippen LogP contribution in [0.15, 0.2) is 29.6 Å². The van der Waals surface area contributed by atoms with Crippen molar-refractivity contribution in [2.75, 3.05) is 6.54 Å². The fourth-order valence-electron chi connectivity index (χ4n) is 1.91. The smallest absolute Gasteiger partial charge is 0.119 e. The molecule has 0 fully saturated rings. The van der Waals surface area contributed by atoms with Gasteiger partial charge in [-0.1, -0.05) is 23.5 Å². The Labute approximate surface area is 118 Å². The lowest BCUT2D eigenvalue weighted by Gasteiger charge is -2.16. The van der Waals surface area contributed by atoms with Crippen LogP contribution in [0.5, 0.6) is 5.75 Å². The molecule has 0 aliphatic rings. The van der Waals surface area contributed by atoms with Gasteiger partial charge in [-0.05, 0) is 49.6 Å². The zero-order chi connectivity index (χ0) is 13.7. The minimum absolute atomic E-state index is 0.0943. The van der Waals surface area contributed by atoms with E-state index in [0.717, 1.165) is 18.0 Å². The summed E-state index contributed by atoms with van der Waals surface area (Å²) in [7, 11) is 0. The van der Waals surface area contributed by atoms with Gasteiger partial charge in [-0.2, -0.15) is 0 Å². The molecule has 0 amide bonds. The SMILES string of the molecule is CCNC(c1ccc(OC(C)C)cc1)c1csnn1. The Morgan fingerprint density at radius 1 is 1.26 bits per heavy atom. The van der Waals surface area contributed by atoms with Crippen LogP contribution in [0.4, 0.5) is 0 Å². The molecule has 0 bridgehead atoms. The quantitative estimate of drug-likeness (QED) is 0.881. The summed E-state index contributed by atoms with van der Waals surface area (Å²) in [6, 6.07) is 8.24. The minimum Gasteiger partial charge on any atom is -0.491 e. The fraction of sp³-hybridized carbons (Fsp3) is 0.429. The van der Waals surface area contributed by atoms with E-state index < -0.39 is 0 Å². The number of benzene rings is 1. The van der Waals surface area contributed by atoms with Crippen LogP contribution in [0.2, 0.25) is 0 Å². The number of hydrogen-bond acceptors (Lipinski definition) is 5. The Morgan fingerprint density at radius 2 is 2.00 bits per heavy atom. The molecule has 1 atom stereocenters. The van der Waals surface area contributed by atoms with E-state index in [9.17, 15) is 0 Å². The van der Waals surface area contributed by atoms with Gasteiger partial charge in [-0.25, -0.2) is 0 Å². The van der Waals surface area contributed by atoms with Crippen LogP contribution in [0.1, 0.15) is 38.1 Å². The van der Waals surface area contributed by atoms with Crippen molar-refractivity contribution >= 4 is 11.5 Å². The summed E-state index contributed by atoms with van der Waals surface area (Å²) in [5.74, 6) is 0.894. The van der Waals surface area contributed by atoms with Gasteiger partial charge >= 0.3 is 0 Å². The van der Waals surface area contributed by atoms with E-state index in [0.29, 0.717) is 0 Å². The largest absolute Gasteiger partial charge is 0.491 e. The highest BCUT2D eigenvalue weighted by molar-refractivity contribution is 7.03. The third-order valence-electron chi connectivity index (χ3n) is 2.67. The molecule has 0 spiro atoms. The van der Waals surface area contributed by atoms with E-state index in [1.807, 2.05) is 31.4 Å². The van der Waals surface area contributed by atoms with Gasteiger partial charge in [0.1, 0.15) is 5.75 Å². The molecule has 4 nitrogen and oxygen atoms in total. The van der Waals surface area contributed by atoms with Crippen LogP contribution in [0.25, 0.3) is 0 Å². The summed E-state index contributed by atoms with van der Waals surface area (Å²) in [5.41, 5.74) is 2.13. The molecule has 5 heteroatoms. The molecule has 0 aliphatic heterocycles. The van der Waals surface area contributed by atoms with E-state index in [1.54, 1.807) is 0 Å². The summed E-state index contributed by atoms with van der Waals surface area (Å²) in [5, 5.41) is 9.56. The molecule has 19 heavy (non-hydrogen) atoms. The summed E-state index contributed by atoms with van der Waals surface area (Å²) in [6.45, 7) is 7.02. The van der Waals surface area contributed by atoms with Crippen molar-refractivity contribution in [3.63, 3.8) is 0 Å². The van der Waals surface area contributed by atoms with Crippen LogP contribution >= 0.6 is 11.5 Å². The summed E-state index contributed by atoms with van der Waals surface area (Å²) in [4.78, 5) is 0. The summed E-state index contributed by atoms with van der Waals surface area (Å²) >= 11 is 1.37. The first-order valence-electron chi connectivity index (χ1n) is 6.47. The molecule has 0 saturated heterocycles. The number of nitrogens with one attached hydrogen (secondary N) is 1. The third kappa shape index (κ3) is 3.75. The second-order valence-electron chi connectivity index (χ2n) is 4.56. The van der Waals surface area contributed by atoms with Crippen LogP contribution in [-0.2, 0) is 0 Å². The molecular formula is C14H19N3OS. The van der Waals surface area contributed by atoms with Gasteiger partial charge in [0, 0.05) is 5.38 Å². The van der Waals surface area contributed by atoms with E-state index in [4.69, 9.17) is 4.74 Å². The predicted octanol–water partition coefficient (Wildman–Crippen LogP) is 3.02. The zero-order valence-corrected chi connectivity index (χ0v) is 12.3. The molecule has 0 radical (unpaired) electrons. The van der Waals surface area contributed by atoms with E-state index in [-0.39, 0.29) is 12.1 Å². The number of ether oxygens (including phenoxy) is 1. The van der Waals surface area contributed by atoms with Crippen molar-refractivity contribution in [1.29, 1.82) is 0 Å². The van der Waals surface area contributed by atoms with Crippen LogP contribution in [0.3, 0.4) is 0 Å². The van der Waals surface area contributed by atoms with Gasteiger partial charge in [0.2, 0.25) is 0 Å². The zero-order valence-electron chi connectivity index (χ0n) is 11.5. The maximum Gasteiger partial charge on any atom is 0.119 e. The molecule has 1 aromatic carbocycles. The molecule has 1 aromatic heterocycles. The van der Waals surface area contributed by atoms with Crippen LogP contribution in [0, 0.1) is 0 Å². The average Bonchev–Trinajstić information content (AvgIpc) is 2.90. The molecule has 102 valence electrons. The highest BCUT2D eigenvalue weighted by Gasteiger charge is 2.15. The Hall–Kier alpha value is -1.46. The molecule has 2 aromatic rings. The first-order chi connectivity index (χ1) is 9.20. The van der Waals surface area contributed by atoms with E-state index in [1.165, 1.54) is 17.1 Å². The summed E-state index contributed by atoms with van der Waals surface area (Å²) in [6.07, 6.45) is 0.193. The number of rotatable bonds is 6. The molecule has 1 unspecified atom stereocenters. The van der Waals surface area contributed by atoms with Crippen molar-refractivity contribution < 1.29 is 4.74 Å². The summed E-state index contributed by atoms with van der Waals surface area (Å²) < 4.78 is 9.59. The Bertz CT molecular complexity index is 482. The topological polar surface area (TPSA) is 47.0 Å². The molecule has 2 rings (SSSR count). The molecular weight excluding hydrogens is 258 g/mol. The lowest BCUT2D eigenvalue weighted by atomic mass is 10.0. The van der Waals surface area contributed by atoms with E-state index in [2.05, 4.69) is 34.0 Å². The number of nitrogens with zero attached hydrogens (tertiary/aromatic N) is 2. The van der Waals surface area contributed by atoms with Crippen LogP contribution < -0.4 is 10.1 Å². The Morgan fingerprint density at radius 3 is 2.53 bits per heavy atom. The lowest BCUT2D eigenvalue weighted by Crippen LogP contribution is -2.22. The third-order valence-corrected chi connectivity index (χ3v) is 3.19. The molecule has 1 N–H and O–H groups in total. The maximum atomic E-state index is 5.65. The van der Waals surface area contributed by atoms with Gasteiger partial charge in [0.15, 0.2) is 0 Å². The van der Waals surface area contributed by atoms with Gasteiger partial charge in [0.25, 0.3) is 0 Å². The second-order valence-corrected chi connectivity index (χ2v) is 5.17. The Balaban J connectivity index is 2.18. The lowest BCUT2D eigenvalue weighted by molar-refractivity contribution is 0.242. The molecule has 1 heterocycles. The van der Waals surface area contributed by atoms with Crippen LogP contribution in [-0.4, -0.2) is 22.2 Å². The fourth-order valence-corrected chi connectivity index (χ4v) is 2.39.